The maximum atomic E-state index is 7.39. The Morgan fingerprint density at radius 1 is 0.316 bits per heavy atom. The third-order valence-corrected chi connectivity index (χ3v) is 16.3. The molecule has 0 amide bonds. The van der Waals surface area contributed by atoms with Crippen LogP contribution in [0, 0.1) is 0 Å². The summed E-state index contributed by atoms with van der Waals surface area (Å²) in [6, 6.07) is 79.3. The van der Waals surface area contributed by atoms with E-state index in [1.165, 1.54) is 77.9 Å². The fourth-order valence-electron chi connectivity index (χ4n) is 12.2. The van der Waals surface area contributed by atoms with Gasteiger partial charge in [0.05, 0.1) is 0 Å². The normalized spacial score (nSPS) is 15.0. The van der Waals surface area contributed by atoms with Crippen LogP contribution in [-0.2, 0) is 16.2 Å². The Morgan fingerprint density at radius 3 is 1.53 bits per heavy atom. The van der Waals surface area contributed by atoms with Crippen molar-refractivity contribution in [3.63, 3.8) is 0 Å². The molecule has 11 aromatic rings. The fraction of sp³-hybridized carbons (Fsp3) is 0.189. The predicted octanol–water partition coefficient (Wildman–Crippen LogP) is 20.6. The standard InChI is InChI=1S/C74H64O2/c1-72(2,3)53-29-21-28-48(36-53)49-32-34-57-59(39-49)68(70-58(46-24-15-11-16-25-46)44-60-56-30-19-20-31-63(56)76-71(60)66(70)47-26-17-12-18-27-47)62-41-52(45-22-13-10-14-23-45)42-65-69(62)67(57)61-40-50(33-35-64(61)75-65)51-37-54(73(4,5)6)43-55(38-51)74(7,8)9/h10-44,67-68H,1-9H3. The van der Waals surface area contributed by atoms with Crippen molar-refractivity contribution in [1.29, 1.82) is 0 Å². The van der Waals surface area contributed by atoms with Crippen molar-refractivity contribution in [2.75, 3.05) is 0 Å². The second-order valence-corrected chi connectivity index (χ2v) is 24.5. The van der Waals surface area contributed by atoms with Gasteiger partial charge in [0.15, 0.2) is 0 Å². The first-order valence-electron chi connectivity index (χ1n) is 27.1. The zero-order valence-corrected chi connectivity index (χ0v) is 45.2. The maximum absolute atomic E-state index is 7.39. The van der Waals surface area contributed by atoms with Gasteiger partial charge in [0.25, 0.3) is 0 Å². The second kappa shape index (κ2) is 17.7. The van der Waals surface area contributed by atoms with E-state index in [0.717, 1.165) is 61.3 Å². The van der Waals surface area contributed by atoms with Crippen molar-refractivity contribution in [3.8, 4) is 67.1 Å². The van der Waals surface area contributed by atoms with Crippen LogP contribution in [0.3, 0.4) is 0 Å². The van der Waals surface area contributed by atoms with Crippen LogP contribution >= 0.6 is 0 Å². The Hall–Kier alpha value is -8.20. The van der Waals surface area contributed by atoms with Crippen molar-refractivity contribution in [2.24, 2.45) is 0 Å². The largest absolute Gasteiger partial charge is 0.457 e. The number of hydrogen-bond donors (Lipinski definition) is 0. The molecule has 1 aromatic heterocycles. The van der Waals surface area contributed by atoms with E-state index in [2.05, 4.69) is 275 Å². The van der Waals surface area contributed by atoms with E-state index >= 15 is 0 Å². The molecule has 2 atom stereocenters. The number of benzene rings is 10. The van der Waals surface area contributed by atoms with E-state index in [-0.39, 0.29) is 28.1 Å². The molecular weight excluding hydrogens is 921 g/mol. The molecule has 2 aliphatic rings. The second-order valence-electron chi connectivity index (χ2n) is 24.5. The zero-order chi connectivity index (χ0) is 52.3. The van der Waals surface area contributed by atoms with Gasteiger partial charge in [-0.3, -0.25) is 0 Å². The number of hydrogen-bond acceptors (Lipinski definition) is 2. The van der Waals surface area contributed by atoms with Gasteiger partial charge in [-0.15, -0.1) is 0 Å². The minimum absolute atomic E-state index is 0.0172. The van der Waals surface area contributed by atoms with Gasteiger partial charge in [0.2, 0.25) is 0 Å². The summed E-state index contributed by atoms with van der Waals surface area (Å²) < 4.78 is 14.6. The maximum Gasteiger partial charge on any atom is 0.143 e. The van der Waals surface area contributed by atoms with Crippen LogP contribution in [0.4, 0.5) is 0 Å². The highest BCUT2D eigenvalue weighted by Crippen LogP contribution is 2.61. The molecule has 2 heteroatoms. The first kappa shape index (κ1) is 47.5. The SMILES string of the molecule is CC(C)(C)c1cccc(-c2ccc3c(c2)C(c2c(-c4ccccc4)cc4c(oc5ccccc54)c2-c2ccccc2)c2cc(-c4ccccc4)cc4c2C3c2cc(-c3cc(C(C)(C)C)cc(C(C)(C)C)c3)ccc2O4)c1. The number of para-hydroxylation sites is 1. The first-order chi connectivity index (χ1) is 36.6. The Bertz CT molecular complexity index is 4030. The van der Waals surface area contributed by atoms with Crippen molar-refractivity contribution in [1.82, 2.24) is 0 Å². The summed E-state index contributed by atoms with van der Waals surface area (Å²) in [4.78, 5) is 0. The lowest BCUT2D eigenvalue weighted by molar-refractivity contribution is 0.449. The highest BCUT2D eigenvalue weighted by atomic mass is 16.5. The van der Waals surface area contributed by atoms with E-state index in [1.54, 1.807) is 0 Å². The molecule has 0 fully saturated rings. The topological polar surface area (TPSA) is 22.4 Å². The van der Waals surface area contributed by atoms with Gasteiger partial charge in [-0.2, -0.15) is 0 Å². The molecule has 10 aromatic carbocycles. The van der Waals surface area contributed by atoms with E-state index in [9.17, 15) is 0 Å². The van der Waals surface area contributed by atoms with Crippen LogP contribution in [0.5, 0.6) is 11.5 Å². The number of ether oxygens (including phenoxy) is 1. The lowest BCUT2D eigenvalue weighted by Gasteiger charge is -2.41. The van der Waals surface area contributed by atoms with Gasteiger partial charge in [0.1, 0.15) is 22.7 Å². The predicted molar refractivity (Wildman–Crippen MR) is 318 cm³/mol. The number of fused-ring (bicyclic) bond motifs is 7. The molecule has 2 heterocycles. The Balaban J connectivity index is 1.17. The molecular formula is C74H64O2. The lowest BCUT2D eigenvalue weighted by Crippen LogP contribution is -2.24. The number of rotatable bonds is 6. The molecule has 0 saturated carbocycles. The average molecular weight is 985 g/mol. The Morgan fingerprint density at radius 2 is 0.842 bits per heavy atom. The molecule has 2 nitrogen and oxygen atoms in total. The van der Waals surface area contributed by atoms with Crippen LogP contribution in [-0.4, -0.2) is 0 Å². The van der Waals surface area contributed by atoms with Crippen LogP contribution < -0.4 is 4.74 Å². The van der Waals surface area contributed by atoms with Crippen LogP contribution in [0.25, 0.3) is 77.6 Å². The summed E-state index contributed by atoms with van der Waals surface area (Å²) >= 11 is 0. The molecule has 76 heavy (non-hydrogen) atoms. The van der Waals surface area contributed by atoms with Gasteiger partial charge >= 0.3 is 0 Å². The summed E-state index contributed by atoms with van der Waals surface area (Å²) in [5, 5.41) is 2.21. The summed E-state index contributed by atoms with van der Waals surface area (Å²) in [5.41, 5.74) is 24.7. The van der Waals surface area contributed by atoms with Gasteiger partial charge in [-0.1, -0.05) is 232 Å². The average Bonchev–Trinajstić information content (AvgIpc) is 3.81. The van der Waals surface area contributed by atoms with Crippen molar-refractivity contribution >= 4 is 21.9 Å². The molecule has 1 aliphatic heterocycles. The smallest absolute Gasteiger partial charge is 0.143 e. The number of furan rings is 1. The third kappa shape index (κ3) is 8.09. The van der Waals surface area contributed by atoms with Gasteiger partial charge < -0.3 is 9.15 Å². The monoisotopic (exact) mass is 984 g/mol. The van der Waals surface area contributed by atoms with E-state index < -0.39 is 0 Å². The fourth-order valence-corrected chi connectivity index (χ4v) is 12.2. The van der Waals surface area contributed by atoms with Gasteiger partial charge in [-0.05, 0) is 148 Å². The molecule has 1 aliphatic carbocycles. The molecule has 372 valence electrons. The van der Waals surface area contributed by atoms with Gasteiger partial charge in [-0.25, -0.2) is 0 Å². The first-order valence-corrected chi connectivity index (χ1v) is 27.1. The summed E-state index contributed by atoms with van der Waals surface area (Å²) in [6.45, 7) is 20.8. The van der Waals surface area contributed by atoms with Crippen LogP contribution in [0.15, 0.2) is 217 Å². The van der Waals surface area contributed by atoms with Crippen molar-refractivity contribution in [2.45, 2.75) is 90.4 Å². The molecule has 2 unspecified atom stereocenters. The van der Waals surface area contributed by atoms with Crippen molar-refractivity contribution < 1.29 is 9.15 Å². The Labute approximate surface area is 448 Å². The minimum Gasteiger partial charge on any atom is -0.457 e. The zero-order valence-electron chi connectivity index (χ0n) is 45.2. The molecule has 0 N–H and O–H groups in total. The van der Waals surface area contributed by atoms with Gasteiger partial charge in [0, 0.05) is 39.3 Å². The molecule has 0 radical (unpaired) electrons. The van der Waals surface area contributed by atoms with E-state index in [4.69, 9.17) is 9.15 Å². The van der Waals surface area contributed by atoms with E-state index in [0.29, 0.717) is 0 Å². The Kier molecular flexibility index (Phi) is 11.1. The minimum atomic E-state index is -0.261. The summed E-state index contributed by atoms with van der Waals surface area (Å²) in [7, 11) is 0. The van der Waals surface area contributed by atoms with Crippen LogP contribution in [0.2, 0.25) is 0 Å². The molecule has 13 rings (SSSR count). The van der Waals surface area contributed by atoms with E-state index in [1.807, 2.05) is 0 Å². The third-order valence-electron chi connectivity index (χ3n) is 16.3. The highest BCUT2D eigenvalue weighted by Gasteiger charge is 2.43. The lowest BCUT2D eigenvalue weighted by atomic mass is 9.64. The molecule has 0 spiro atoms. The van der Waals surface area contributed by atoms with Crippen LogP contribution in [0.1, 0.15) is 124 Å². The molecule has 0 bridgehead atoms. The summed E-state index contributed by atoms with van der Waals surface area (Å²) in [6.07, 6.45) is 0. The quantitative estimate of drug-likeness (QED) is 0.166. The summed E-state index contributed by atoms with van der Waals surface area (Å²) in [5.74, 6) is 1.41. The highest BCUT2D eigenvalue weighted by molar-refractivity contribution is 6.13. The van der Waals surface area contributed by atoms with Crippen molar-refractivity contribution in [3.05, 3.63) is 262 Å². The molecule has 0 saturated heterocycles.